The summed E-state index contributed by atoms with van der Waals surface area (Å²) in [5.41, 5.74) is 10.4. The zero-order chi connectivity index (χ0) is 26.5. The van der Waals surface area contributed by atoms with Crippen LogP contribution in [0.4, 0.5) is 10.1 Å². The molecular weight excluding hydrogens is 489 g/mol. The lowest BCUT2D eigenvalue weighted by Crippen LogP contribution is -2.06. The lowest BCUT2D eigenvalue weighted by Gasteiger charge is -2.15. The molecule has 7 nitrogen and oxygen atoms in total. The van der Waals surface area contributed by atoms with Crippen molar-refractivity contribution in [2.75, 3.05) is 5.32 Å². The first-order chi connectivity index (χ1) is 19.0. The Morgan fingerprint density at radius 1 is 0.974 bits per heavy atom. The normalized spacial score (nSPS) is 13.0. The molecule has 0 unspecified atom stereocenters. The lowest BCUT2D eigenvalue weighted by molar-refractivity contribution is 0.631. The highest BCUT2D eigenvalue weighted by Gasteiger charge is 2.21. The van der Waals surface area contributed by atoms with Crippen LogP contribution in [0.1, 0.15) is 26.7 Å². The van der Waals surface area contributed by atoms with Gasteiger partial charge in [-0.15, -0.1) is 0 Å². The molecule has 0 amide bonds. The zero-order valence-corrected chi connectivity index (χ0v) is 21.6. The number of halogens is 1. The van der Waals surface area contributed by atoms with Crippen molar-refractivity contribution in [2.24, 2.45) is 5.92 Å². The molecule has 1 fully saturated rings. The minimum absolute atomic E-state index is 0.309. The van der Waals surface area contributed by atoms with Gasteiger partial charge < -0.3 is 10.3 Å². The summed E-state index contributed by atoms with van der Waals surface area (Å²) >= 11 is 0. The van der Waals surface area contributed by atoms with Crippen LogP contribution in [0.2, 0.25) is 0 Å². The van der Waals surface area contributed by atoms with Gasteiger partial charge in [0.15, 0.2) is 0 Å². The van der Waals surface area contributed by atoms with Crippen molar-refractivity contribution in [3.63, 3.8) is 0 Å². The van der Waals surface area contributed by atoms with Crippen LogP contribution < -0.4 is 5.32 Å². The predicted octanol–water partition coefficient (Wildman–Crippen LogP) is 7.49. The number of pyridine rings is 3. The van der Waals surface area contributed by atoms with E-state index in [1.54, 1.807) is 18.3 Å². The van der Waals surface area contributed by atoms with Gasteiger partial charge in [0, 0.05) is 40.1 Å². The van der Waals surface area contributed by atoms with Crippen LogP contribution in [-0.2, 0) is 0 Å². The van der Waals surface area contributed by atoms with E-state index in [9.17, 15) is 4.39 Å². The predicted molar refractivity (Wildman–Crippen MR) is 152 cm³/mol. The SMILES string of the molecule is CC(C)C(Nc1cncc(-c2ccc3[nH]nc(-c4cc5c(-c6ccccc6F)nccc5[nH]4)c3n2)c1)=C1CC1. The van der Waals surface area contributed by atoms with Gasteiger partial charge in [0.2, 0.25) is 0 Å². The Bertz CT molecular complexity index is 1890. The standard InChI is InChI=1S/C31H26FN7/c1-17(2)28(18-7-8-18)35-20-13-19(15-33-16-20)24-9-10-26-30(37-24)31(39-38-26)27-14-22-25(36-27)11-12-34-29(22)21-5-3-4-6-23(21)32/h3-6,9-17,35-36H,7-8H2,1-2H3,(H,38,39). The molecular formula is C31H26FN7. The van der Waals surface area contributed by atoms with Crippen molar-refractivity contribution in [1.82, 2.24) is 30.1 Å². The Morgan fingerprint density at radius 2 is 1.85 bits per heavy atom. The monoisotopic (exact) mass is 515 g/mol. The average Bonchev–Trinajstić information content (AvgIpc) is 3.55. The molecule has 3 N–H and O–H groups in total. The van der Waals surface area contributed by atoms with Gasteiger partial charge in [0.25, 0.3) is 0 Å². The van der Waals surface area contributed by atoms with Crippen LogP contribution in [0.25, 0.3) is 55.8 Å². The van der Waals surface area contributed by atoms with E-state index in [-0.39, 0.29) is 5.82 Å². The summed E-state index contributed by atoms with van der Waals surface area (Å²) in [5.74, 6) is 0.121. The highest BCUT2D eigenvalue weighted by atomic mass is 19.1. The van der Waals surface area contributed by atoms with Crippen LogP contribution in [-0.4, -0.2) is 30.1 Å². The second-order valence-electron chi connectivity index (χ2n) is 10.2. The summed E-state index contributed by atoms with van der Waals surface area (Å²) in [6.45, 7) is 4.42. The summed E-state index contributed by atoms with van der Waals surface area (Å²) in [7, 11) is 0. The van der Waals surface area contributed by atoms with E-state index in [0.29, 0.717) is 22.9 Å². The molecule has 0 aliphatic heterocycles. The van der Waals surface area contributed by atoms with E-state index < -0.39 is 0 Å². The van der Waals surface area contributed by atoms with E-state index in [1.807, 2.05) is 42.7 Å². The Hall–Kier alpha value is -4.85. The van der Waals surface area contributed by atoms with Gasteiger partial charge >= 0.3 is 0 Å². The molecule has 192 valence electrons. The smallest absolute Gasteiger partial charge is 0.135 e. The van der Waals surface area contributed by atoms with E-state index >= 15 is 0 Å². The first-order valence-corrected chi connectivity index (χ1v) is 13.1. The number of nitrogens with one attached hydrogen (secondary N) is 3. The molecule has 5 heterocycles. The summed E-state index contributed by atoms with van der Waals surface area (Å²) in [5, 5.41) is 12.1. The van der Waals surface area contributed by atoms with Crippen molar-refractivity contribution < 1.29 is 4.39 Å². The molecule has 0 bridgehead atoms. The highest BCUT2D eigenvalue weighted by Crippen LogP contribution is 2.36. The van der Waals surface area contributed by atoms with E-state index in [4.69, 9.17) is 4.98 Å². The van der Waals surface area contributed by atoms with Gasteiger partial charge in [-0.2, -0.15) is 5.10 Å². The molecule has 1 aliphatic carbocycles. The van der Waals surface area contributed by atoms with Gasteiger partial charge in [-0.3, -0.25) is 15.1 Å². The van der Waals surface area contributed by atoms with Gasteiger partial charge in [-0.25, -0.2) is 9.37 Å². The molecule has 0 atom stereocenters. The maximum atomic E-state index is 14.6. The first-order valence-electron chi connectivity index (χ1n) is 13.1. The molecule has 0 spiro atoms. The minimum Gasteiger partial charge on any atom is -0.357 e. The Morgan fingerprint density at radius 3 is 2.67 bits per heavy atom. The number of hydrogen-bond donors (Lipinski definition) is 3. The van der Waals surface area contributed by atoms with Gasteiger partial charge in [0.05, 0.1) is 34.5 Å². The Kier molecular flexibility index (Phi) is 5.47. The van der Waals surface area contributed by atoms with Gasteiger partial charge in [-0.05, 0) is 61.2 Å². The molecule has 7 rings (SSSR count). The fraction of sp³-hybridized carbons (Fsp3) is 0.161. The molecule has 0 saturated heterocycles. The van der Waals surface area contributed by atoms with E-state index in [2.05, 4.69) is 50.4 Å². The van der Waals surface area contributed by atoms with Crippen molar-refractivity contribution in [3.8, 4) is 33.9 Å². The molecule has 1 saturated carbocycles. The summed E-state index contributed by atoms with van der Waals surface area (Å²) in [4.78, 5) is 17.4. The number of fused-ring (bicyclic) bond motifs is 2. The summed E-state index contributed by atoms with van der Waals surface area (Å²) in [6, 6.07) is 16.5. The third-order valence-corrected chi connectivity index (χ3v) is 7.11. The lowest BCUT2D eigenvalue weighted by atomic mass is 10.1. The minimum atomic E-state index is -0.309. The summed E-state index contributed by atoms with van der Waals surface area (Å²) in [6.07, 6.45) is 7.69. The molecule has 39 heavy (non-hydrogen) atoms. The quantitative estimate of drug-likeness (QED) is 0.214. The van der Waals surface area contributed by atoms with Crippen molar-refractivity contribution in [1.29, 1.82) is 0 Å². The number of nitrogens with zero attached hydrogens (tertiary/aromatic N) is 4. The van der Waals surface area contributed by atoms with Crippen LogP contribution in [0.5, 0.6) is 0 Å². The largest absolute Gasteiger partial charge is 0.357 e. The van der Waals surface area contributed by atoms with Gasteiger partial charge in [0.1, 0.15) is 17.0 Å². The molecule has 8 heteroatoms. The molecule has 6 aromatic rings. The third kappa shape index (κ3) is 4.24. The second-order valence-corrected chi connectivity index (χ2v) is 10.2. The molecule has 1 aromatic carbocycles. The third-order valence-electron chi connectivity index (χ3n) is 7.11. The molecule has 5 aromatic heterocycles. The number of hydrogen-bond acceptors (Lipinski definition) is 5. The Labute approximate surface area is 224 Å². The summed E-state index contributed by atoms with van der Waals surface area (Å²) < 4.78 is 14.6. The second kappa shape index (κ2) is 9.16. The average molecular weight is 516 g/mol. The zero-order valence-electron chi connectivity index (χ0n) is 21.6. The van der Waals surface area contributed by atoms with Crippen molar-refractivity contribution in [2.45, 2.75) is 26.7 Å². The van der Waals surface area contributed by atoms with Crippen molar-refractivity contribution in [3.05, 3.63) is 90.3 Å². The fourth-order valence-electron chi connectivity index (χ4n) is 5.07. The number of anilines is 1. The van der Waals surface area contributed by atoms with Crippen LogP contribution >= 0.6 is 0 Å². The number of aromatic amines is 2. The number of aromatic nitrogens is 6. The van der Waals surface area contributed by atoms with E-state index in [1.165, 1.54) is 30.2 Å². The molecule has 1 aliphatic rings. The van der Waals surface area contributed by atoms with Gasteiger partial charge in [-0.1, -0.05) is 31.6 Å². The van der Waals surface area contributed by atoms with Crippen LogP contribution in [0.15, 0.2) is 84.5 Å². The van der Waals surface area contributed by atoms with E-state index in [0.717, 1.165) is 44.6 Å². The fourth-order valence-corrected chi connectivity index (χ4v) is 5.07. The maximum Gasteiger partial charge on any atom is 0.135 e. The molecule has 0 radical (unpaired) electrons. The first kappa shape index (κ1) is 23.3. The Balaban J connectivity index is 1.28. The number of allylic oxidation sites excluding steroid dienone is 2. The van der Waals surface area contributed by atoms with Crippen LogP contribution in [0.3, 0.4) is 0 Å². The highest BCUT2D eigenvalue weighted by molar-refractivity contribution is 5.99. The van der Waals surface area contributed by atoms with Crippen molar-refractivity contribution >= 4 is 27.6 Å². The topological polar surface area (TPSA) is 95.2 Å². The number of rotatable bonds is 6. The van der Waals surface area contributed by atoms with Crippen LogP contribution in [0, 0.1) is 11.7 Å². The number of benzene rings is 1. The maximum absolute atomic E-state index is 14.6. The number of H-pyrrole nitrogens is 2.